The Morgan fingerprint density at radius 1 is 0.920 bits per heavy atom. The highest BCUT2D eigenvalue weighted by atomic mass is 32.2. The summed E-state index contributed by atoms with van der Waals surface area (Å²) >= 11 is 0. The maximum Gasteiger partial charge on any atom is 0.410 e. The summed E-state index contributed by atoms with van der Waals surface area (Å²) in [6.45, 7) is 8.18. The normalized spacial score (nSPS) is 21.3. The summed E-state index contributed by atoms with van der Waals surface area (Å²) in [5, 5.41) is 0. The van der Waals surface area contributed by atoms with Gasteiger partial charge in [0.2, 0.25) is 15.9 Å². The van der Waals surface area contributed by atoms with Crippen molar-refractivity contribution in [3.05, 3.63) is 0 Å². The van der Waals surface area contributed by atoms with E-state index in [1.165, 1.54) is 10.6 Å². The summed E-state index contributed by atoms with van der Waals surface area (Å²) in [5.41, 5.74) is -0.530. The minimum absolute atomic E-state index is 0.0667. The number of rotatable bonds is 2. The van der Waals surface area contributed by atoms with Crippen molar-refractivity contribution in [3.8, 4) is 0 Å². The molecule has 2 heterocycles. The molecular formula is C16H29N3O5S. The van der Waals surface area contributed by atoms with Crippen LogP contribution < -0.4 is 0 Å². The van der Waals surface area contributed by atoms with Crippen LogP contribution in [0, 0.1) is 5.92 Å². The highest BCUT2D eigenvalue weighted by molar-refractivity contribution is 7.88. The van der Waals surface area contributed by atoms with Gasteiger partial charge in [-0.3, -0.25) is 4.79 Å². The molecule has 0 N–H and O–H groups in total. The first-order chi connectivity index (χ1) is 11.5. The molecule has 0 spiro atoms. The molecule has 0 atom stereocenters. The fourth-order valence-corrected chi connectivity index (χ4v) is 4.00. The predicted octanol–water partition coefficient (Wildman–Crippen LogP) is 0.737. The number of hydrogen-bond donors (Lipinski definition) is 0. The first-order valence-corrected chi connectivity index (χ1v) is 10.5. The summed E-state index contributed by atoms with van der Waals surface area (Å²) in [4.78, 5) is 28.1. The van der Waals surface area contributed by atoms with Gasteiger partial charge in [-0.25, -0.2) is 17.5 Å². The Morgan fingerprint density at radius 3 is 1.84 bits per heavy atom. The lowest BCUT2D eigenvalue weighted by Gasteiger charge is -2.38. The Balaban J connectivity index is 1.81. The molecule has 2 saturated heterocycles. The van der Waals surface area contributed by atoms with Crippen LogP contribution in [0.15, 0.2) is 0 Å². The molecule has 25 heavy (non-hydrogen) atoms. The van der Waals surface area contributed by atoms with E-state index in [-0.39, 0.29) is 17.9 Å². The second-order valence-electron chi connectivity index (χ2n) is 7.73. The van der Waals surface area contributed by atoms with E-state index in [0.29, 0.717) is 52.1 Å². The summed E-state index contributed by atoms with van der Waals surface area (Å²) in [5.74, 6) is -0.0666. The summed E-state index contributed by atoms with van der Waals surface area (Å²) < 4.78 is 29.9. The van der Waals surface area contributed by atoms with Crippen molar-refractivity contribution in [1.82, 2.24) is 14.1 Å². The Labute approximate surface area is 150 Å². The monoisotopic (exact) mass is 375 g/mol. The van der Waals surface area contributed by atoms with Crippen molar-refractivity contribution in [2.24, 2.45) is 5.92 Å². The van der Waals surface area contributed by atoms with Crippen molar-refractivity contribution < 1.29 is 22.7 Å². The van der Waals surface area contributed by atoms with E-state index in [0.717, 1.165) is 0 Å². The van der Waals surface area contributed by atoms with Crippen molar-refractivity contribution in [1.29, 1.82) is 0 Å². The Kier molecular flexibility index (Phi) is 5.98. The minimum atomic E-state index is -3.18. The van der Waals surface area contributed by atoms with Gasteiger partial charge in [0, 0.05) is 45.2 Å². The van der Waals surface area contributed by atoms with Gasteiger partial charge in [-0.2, -0.15) is 0 Å². The van der Waals surface area contributed by atoms with Crippen molar-refractivity contribution in [3.63, 3.8) is 0 Å². The van der Waals surface area contributed by atoms with Gasteiger partial charge in [0.05, 0.1) is 6.26 Å². The zero-order valence-corrected chi connectivity index (χ0v) is 16.3. The van der Waals surface area contributed by atoms with Gasteiger partial charge in [-0.05, 0) is 33.6 Å². The SMILES string of the molecule is CC(C)(C)OC(=O)N1CCN(C(=O)C2CCN(S(C)(=O)=O)CC2)CC1. The fraction of sp³-hybridized carbons (Fsp3) is 0.875. The molecule has 0 bridgehead atoms. The second-order valence-corrected chi connectivity index (χ2v) is 9.71. The van der Waals surface area contributed by atoms with Crippen LogP contribution >= 0.6 is 0 Å². The standard InChI is InChI=1S/C16H29N3O5S/c1-16(2,3)24-15(21)18-11-9-17(10-12-18)14(20)13-5-7-19(8-6-13)25(4,22)23/h13H,5-12H2,1-4H3. The molecule has 0 radical (unpaired) electrons. The maximum atomic E-state index is 12.6. The zero-order chi connectivity index (χ0) is 18.8. The molecule has 2 amide bonds. The minimum Gasteiger partial charge on any atom is -0.444 e. The van der Waals surface area contributed by atoms with E-state index in [9.17, 15) is 18.0 Å². The maximum absolute atomic E-state index is 12.6. The molecule has 2 aliphatic heterocycles. The van der Waals surface area contributed by atoms with Crippen LogP contribution in [-0.4, -0.2) is 85.6 Å². The van der Waals surface area contributed by atoms with Gasteiger partial charge in [-0.1, -0.05) is 0 Å². The molecule has 0 aromatic carbocycles. The van der Waals surface area contributed by atoms with Gasteiger partial charge >= 0.3 is 6.09 Å². The van der Waals surface area contributed by atoms with Gasteiger partial charge in [0.15, 0.2) is 0 Å². The molecule has 144 valence electrons. The number of carbonyl (C=O) groups excluding carboxylic acids is 2. The van der Waals surface area contributed by atoms with Crippen LogP contribution in [-0.2, 0) is 19.6 Å². The van der Waals surface area contributed by atoms with E-state index in [1.54, 1.807) is 9.80 Å². The molecule has 0 unspecified atom stereocenters. The second kappa shape index (κ2) is 7.49. The molecule has 2 aliphatic rings. The highest BCUT2D eigenvalue weighted by Gasteiger charge is 2.34. The van der Waals surface area contributed by atoms with Crippen molar-refractivity contribution in [2.45, 2.75) is 39.2 Å². The molecule has 9 heteroatoms. The molecule has 0 aromatic rings. The number of hydrogen-bond acceptors (Lipinski definition) is 5. The topological polar surface area (TPSA) is 87.2 Å². The Morgan fingerprint density at radius 2 is 1.40 bits per heavy atom. The fourth-order valence-electron chi connectivity index (χ4n) is 3.13. The largest absolute Gasteiger partial charge is 0.444 e. The highest BCUT2D eigenvalue weighted by Crippen LogP contribution is 2.22. The first-order valence-electron chi connectivity index (χ1n) is 8.69. The van der Waals surface area contributed by atoms with Crippen LogP contribution in [0.4, 0.5) is 4.79 Å². The van der Waals surface area contributed by atoms with E-state index >= 15 is 0 Å². The number of ether oxygens (including phenoxy) is 1. The average molecular weight is 375 g/mol. The van der Waals surface area contributed by atoms with Gasteiger partial charge in [-0.15, -0.1) is 0 Å². The van der Waals surface area contributed by atoms with Crippen molar-refractivity contribution >= 4 is 22.0 Å². The third-order valence-corrected chi connectivity index (χ3v) is 5.82. The van der Waals surface area contributed by atoms with Crippen molar-refractivity contribution in [2.75, 3.05) is 45.5 Å². The lowest BCUT2D eigenvalue weighted by Crippen LogP contribution is -2.53. The third kappa shape index (κ3) is 5.57. The summed E-state index contributed by atoms with van der Waals surface area (Å²) in [7, 11) is -3.18. The molecular weight excluding hydrogens is 346 g/mol. The molecule has 2 rings (SSSR count). The third-order valence-electron chi connectivity index (χ3n) is 4.52. The lowest BCUT2D eigenvalue weighted by molar-refractivity contribution is -0.138. The predicted molar refractivity (Wildman–Crippen MR) is 93.5 cm³/mol. The quantitative estimate of drug-likeness (QED) is 0.710. The molecule has 0 saturated carbocycles. The molecule has 2 fully saturated rings. The smallest absolute Gasteiger partial charge is 0.410 e. The van der Waals surface area contributed by atoms with Crippen LogP contribution in [0.25, 0.3) is 0 Å². The van der Waals surface area contributed by atoms with E-state index in [2.05, 4.69) is 0 Å². The van der Waals surface area contributed by atoms with E-state index in [1.807, 2.05) is 20.8 Å². The van der Waals surface area contributed by atoms with Crippen LogP contribution in [0.5, 0.6) is 0 Å². The average Bonchev–Trinajstić information content (AvgIpc) is 2.52. The number of sulfonamides is 1. The van der Waals surface area contributed by atoms with Gasteiger partial charge in [0.25, 0.3) is 0 Å². The summed E-state index contributed by atoms with van der Waals surface area (Å²) in [6, 6.07) is 0. The first kappa shape index (κ1) is 20.0. The van der Waals surface area contributed by atoms with Crippen LogP contribution in [0.2, 0.25) is 0 Å². The van der Waals surface area contributed by atoms with E-state index in [4.69, 9.17) is 4.74 Å². The number of amides is 2. The molecule has 0 aromatic heterocycles. The molecule has 0 aliphatic carbocycles. The number of piperidine rings is 1. The Bertz CT molecular complexity index is 598. The number of nitrogens with zero attached hydrogens (tertiary/aromatic N) is 3. The van der Waals surface area contributed by atoms with Gasteiger partial charge < -0.3 is 14.5 Å². The lowest BCUT2D eigenvalue weighted by atomic mass is 9.96. The van der Waals surface area contributed by atoms with Crippen LogP contribution in [0.1, 0.15) is 33.6 Å². The van der Waals surface area contributed by atoms with E-state index < -0.39 is 15.6 Å². The summed E-state index contributed by atoms with van der Waals surface area (Å²) in [6.07, 6.45) is 1.96. The number of piperazine rings is 1. The number of carbonyl (C=O) groups is 2. The Hall–Kier alpha value is -1.35. The van der Waals surface area contributed by atoms with Crippen LogP contribution in [0.3, 0.4) is 0 Å². The van der Waals surface area contributed by atoms with Gasteiger partial charge in [0.1, 0.15) is 5.60 Å². The zero-order valence-electron chi connectivity index (χ0n) is 15.5. The molecule has 8 nitrogen and oxygen atoms in total.